The topological polar surface area (TPSA) is 20.2 Å². The van der Waals surface area contributed by atoms with Crippen molar-refractivity contribution in [2.75, 3.05) is 0 Å². The van der Waals surface area contributed by atoms with Crippen molar-refractivity contribution in [2.24, 2.45) is 5.92 Å². The van der Waals surface area contributed by atoms with Crippen LogP contribution in [0.2, 0.25) is 0 Å². The van der Waals surface area contributed by atoms with Crippen LogP contribution in [0.25, 0.3) is 0 Å². The van der Waals surface area contributed by atoms with Gasteiger partial charge < -0.3 is 5.11 Å². The third-order valence-corrected chi connectivity index (χ3v) is 2.07. The first-order valence-electron chi connectivity index (χ1n) is 3.63. The van der Waals surface area contributed by atoms with Crippen LogP contribution in [0.1, 0.15) is 25.7 Å². The normalized spacial score (nSPS) is 22.8. The molecule has 1 fully saturated rings. The maximum Gasteiger partial charge on any atom is 0.0720 e. The molecule has 1 saturated carbocycles. The molecule has 0 aromatic heterocycles. The third kappa shape index (κ3) is 1.83. The Balaban J connectivity index is 2.08. The largest absolute Gasteiger partial charge is 0.389 e. The summed E-state index contributed by atoms with van der Waals surface area (Å²) >= 11 is 0. The SMILES string of the molecule is C=CC(O)CC1CCC1. The Morgan fingerprint density at radius 1 is 1.67 bits per heavy atom. The molecule has 1 unspecified atom stereocenters. The second-order valence-corrected chi connectivity index (χ2v) is 2.84. The molecule has 1 aliphatic carbocycles. The summed E-state index contributed by atoms with van der Waals surface area (Å²) in [6.45, 7) is 3.52. The second kappa shape index (κ2) is 3.02. The van der Waals surface area contributed by atoms with Gasteiger partial charge in [0.25, 0.3) is 0 Å². The summed E-state index contributed by atoms with van der Waals surface area (Å²) in [6.07, 6.45) is 6.28. The van der Waals surface area contributed by atoms with Gasteiger partial charge in [-0.1, -0.05) is 25.3 Å². The predicted octanol–water partition coefficient (Wildman–Crippen LogP) is 1.72. The van der Waals surface area contributed by atoms with Gasteiger partial charge in [-0.25, -0.2) is 0 Å². The molecule has 1 nitrogen and oxygen atoms in total. The number of aliphatic hydroxyl groups is 1. The standard InChI is InChI=1S/C8H14O/c1-2-8(9)6-7-4-3-5-7/h2,7-9H,1,3-6H2. The maximum atomic E-state index is 9.08. The molecule has 0 spiro atoms. The first-order chi connectivity index (χ1) is 4.33. The third-order valence-electron chi connectivity index (χ3n) is 2.07. The van der Waals surface area contributed by atoms with Gasteiger partial charge in [-0.3, -0.25) is 0 Å². The van der Waals surface area contributed by atoms with Crippen LogP contribution < -0.4 is 0 Å². The van der Waals surface area contributed by atoms with E-state index in [0.717, 1.165) is 12.3 Å². The Bertz CT molecular complexity index is 94.7. The highest BCUT2D eigenvalue weighted by molar-refractivity contribution is 4.82. The molecule has 0 aliphatic heterocycles. The molecule has 0 amide bonds. The van der Waals surface area contributed by atoms with Crippen molar-refractivity contribution >= 4 is 0 Å². The monoisotopic (exact) mass is 126 g/mol. The molecular formula is C8H14O. The van der Waals surface area contributed by atoms with Crippen molar-refractivity contribution in [2.45, 2.75) is 31.8 Å². The van der Waals surface area contributed by atoms with Gasteiger partial charge in [-0.2, -0.15) is 0 Å². The highest BCUT2D eigenvalue weighted by atomic mass is 16.3. The summed E-state index contributed by atoms with van der Waals surface area (Å²) in [6, 6.07) is 0. The Kier molecular flexibility index (Phi) is 2.29. The van der Waals surface area contributed by atoms with E-state index >= 15 is 0 Å². The lowest BCUT2D eigenvalue weighted by Crippen LogP contribution is -2.17. The second-order valence-electron chi connectivity index (χ2n) is 2.84. The molecule has 1 aliphatic rings. The fourth-order valence-electron chi connectivity index (χ4n) is 1.17. The Hall–Kier alpha value is -0.300. The average molecular weight is 126 g/mol. The van der Waals surface area contributed by atoms with Gasteiger partial charge in [0, 0.05) is 0 Å². The van der Waals surface area contributed by atoms with E-state index in [-0.39, 0.29) is 6.10 Å². The summed E-state index contributed by atoms with van der Waals surface area (Å²) in [4.78, 5) is 0. The zero-order valence-corrected chi connectivity index (χ0v) is 5.71. The summed E-state index contributed by atoms with van der Waals surface area (Å²) < 4.78 is 0. The molecule has 0 heterocycles. The van der Waals surface area contributed by atoms with Gasteiger partial charge in [0.05, 0.1) is 6.10 Å². The summed E-state index contributed by atoms with van der Waals surface area (Å²) in [7, 11) is 0. The minimum Gasteiger partial charge on any atom is -0.389 e. The predicted molar refractivity (Wildman–Crippen MR) is 38.2 cm³/mol. The van der Waals surface area contributed by atoms with Crippen LogP contribution in [0.4, 0.5) is 0 Å². The lowest BCUT2D eigenvalue weighted by atomic mass is 9.81. The van der Waals surface area contributed by atoms with Crippen molar-refractivity contribution in [1.82, 2.24) is 0 Å². The molecule has 0 aromatic rings. The van der Waals surface area contributed by atoms with Crippen molar-refractivity contribution in [3.05, 3.63) is 12.7 Å². The van der Waals surface area contributed by atoms with Crippen LogP contribution in [-0.2, 0) is 0 Å². The fraction of sp³-hybridized carbons (Fsp3) is 0.750. The van der Waals surface area contributed by atoms with Gasteiger partial charge in [0.2, 0.25) is 0 Å². The highest BCUT2D eigenvalue weighted by Crippen LogP contribution is 2.30. The fourth-order valence-corrected chi connectivity index (χ4v) is 1.17. The Morgan fingerprint density at radius 3 is 2.67 bits per heavy atom. The summed E-state index contributed by atoms with van der Waals surface area (Å²) in [5.41, 5.74) is 0. The molecular weight excluding hydrogens is 112 g/mol. The molecule has 1 atom stereocenters. The van der Waals surface area contributed by atoms with Crippen LogP contribution in [0.5, 0.6) is 0 Å². The van der Waals surface area contributed by atoms with Crippen molar-refractivity contribution < 1.29 is 5.11 Å². The zero-order chi connectivity index (χ0) is 6.69. The number of hydrogen-bond donors (Lipinski definition) is 1. The first kappa shape index (κ1) is 6.81. The summed E-state index contributed by atoms with van der Waals surface area (Å²) in [5.74, 6) is 0.790. The van der Waals surface area contributed by atoms with Crippen molar-refractivity contribution in [1.29, 1.82) is 0 Å². The quantitative estimate of drug-likeness (QED) is 0.571. The maximum absolute atomic E-state index is 9.08. The van der Waals surface area contributed by atoms with E-state index in [9.17, 15) is 0 Å². The zero-order valence-electron chi connectivity index (χ0n) is 5.71. The van der Waals surface area contributed by atoms with E-state index in [4.69, 9.17) is 5.11 Å². The van der Waals surface area contributed by atoms with Crippen LogP contribution >= 0.6 is 0 Å². The molecule has 52 valence electrons. The number of aliphatic hydroxyl groups excluding tert-OH is 1. The first-order valence-corrected chi connectivity index (χ1v) is 3.63. The Morgan fingerprint density at radius 2 is 2.33 bits per heavy atom. The van der Waals surface area contributed by atoms with Gasteiger partial charge in [0.15, 0.2) is 0 Å². The van der Waals surface area contributed by atoms with Crippen LogP contribution in [0.15, 0.2) is 12.7 Å². The molecule has 0 bridgehead atoms. The van der Waals surface area contributed by atoms with E-state index in [1.807, 2.05) is 0 Å². The lowest BCUT2D eigenvalue weighted by molar-refractivity contribution is 0.154. The number of rotatable bonds is 3. The smallest absolute Gasteiger partial charge is 0.0720 e. The molecule has 0 radical (unpaired) electrons. The highest BCUT2D eigenvalue weighted by Gasteiger charge is 2.18. The van der Waals surface area contributed by atoms with Gasteiger partial charge >= 0.3 is 0 Å². The van der Waals surface area contributed by atoms with E-state index in [0.29, 0.717) is 0 Å². The van der Waals surface area contributed by atoms with Crippen LogP contribution in [0.3, 0.4) is 0 Å². The lowest BCUT2D eigenvalue weighted by Gasteiger charge is -2.26. The minimum absolute atomic E-state index is 0.254. The summed E-state index contributed by atoms with van der Waals surface area (Å²) in [5, 5.41) is 9.08. The van der Waals surface area contributed by atoms with Crippen LogP contribution in [-0.4, -0.2) is 11.2 Å². The number of hydrogen-bond acceptors (Lipinski definition) is 1. The molecule has 1 heteroatoms. The van der Waals surface area contributed by atoms with Gasteiger partial charge in [-0.15, -0.1) is 6.58 Å². The van der Waals surface area contributed by atoms with Crippen molar-refractivity contribution in [3.63, 3.8) is 0 Å². The van der Waals surface area contributed by atoms with Crippen LogP contribution in [0, 0.1) is 5.92 Å². The van der Waals surface area contributed by atoms with E-state index in [1.165, 1.54) is 19.3 Å². The molecule has 1 N–H and O–H groups in total. The van der Waals surface area contributed by atoms with Crippen molar-refractivity contribution in [3.8, 4) is 0 Å². The van der Waals surface area contributed by atoms with E-state index in [2.05, 4.69) is 6.58 Å². The van der Waals surface area contributed by atoms with Gasteiger partial charge in [0.1, 0.15) is 0 Å². The molecule has 9 heavy (non-hydrogen) atoms. The Labute approximate surface area is 56.4 Å². The average Bonchev–Trinajstić information content (AvgIpc) is 1.78. The van der Waals surface area contributed by atoms with E-state index in [1.54, 1.807) is 6.08 Å². The molecule has 0 aromatic carbocycles. The van der Waals surface area contributed by atoms with Gasteiger partial charge in [-0.05, 0) is 12.3 Å². The van der Waals surface area contributed by atoms with E-state index < -0.39 is 0 Å². The molecule has 0 saturated heterocycles. The molecule has 1 rings (SSSR count). The minimum atomic E-state index is -0.254.